The number of nitrogens with zero attached hydrogens (tertiary/aromatic N) is 1. The van der Waals surface area contributed by atoms with Crippen LogP contribution in [0, 0.1) is 4.91 Å². The fourth-order valence-corrected chi connectivity index (χ4v) is 0.877. The van der Waals surface area contributed by atoms with E-state index in [1.54, 1.807) is 5.34 Å². The van der Waals surface area contributed by atoms with Crippen LogP contribution in [0.4, 0.5) is 0 Å². The van der Waals surface area contributed by atoms with Gasteiger partial charge in [0, 0.05) is 0 Å². The molecule has 0 aliphatic heterocycles. The van der Waals surface area contributed by atoms with Crippen LogP contribution in [0.15, 0.2) is 5.34 Å². The highest BCUT2D eigenvalue weighted by Crippen LogP contribution is 2.22. The lowest BCUT2D eigenvalue weighted by Gasteiger charge is -2.21. The van der Waals surface area contributed by atoms with Gasteiger partial charge >= 0.3 is 17.9 Å². The molecule has 0 spiro atoms. The Balaban J connectivity index is 5.04. The monoisotopic (exact) mass is 221 g/mol. The van der Waals surface area contributed by atoms with Crippen molar-refractivity contribution in [2.45, 2.75) is 18.4 Å². The van der Waals surface area contributed by atoms with Crippen LogP contribution in [0.5, 0.6) is 0 Å². The number of aliphatic carboxylic acids is 3. The molecule has 9 nitrogen and oxygen atoms in total. The third-order valence-electron chi connectivity index (χ3n) is 1.48. The minimum absolute atomic E-state index is 1.18. The summed E-state index contributed by atoms with van der Waals surface area (Å²) in [6, 6.07) is 0. The summed E-state index contributed by atoms with van der Waals surface area (Å²) in [6.45, 7) is 0. The van der Waals surface area contributed by atoms with Gasteiger partial charge in [-0.2, -0.15) is 0 Å². The Labute approximate surface area is 82.2 Å². The molecule has 0 saturated carbocycles. The summed E-state index contributed by atoms with van der Waals surface area (Å²) in [7, 11) is 0. The zero-order chi connectivity index (χ0) is 12.1. The third kappa shape index (κ3) is 3.58. The van der Waals surface area contributed by atoms with E-state index in [9.17, 15) is 19.3 Å². The molecule has 9 heteroatoms. The van der Waals surface area contributed by atoms with Gasteiger partial charge < -0.3 is 20.2 Å². The van der Waals surface area contributed by atoms with Gasteiger partial charge in [-0.05, 0) is 0 Å². The van der Waals surface area contributed by atoms with Gasteiger partial charge in [-0.3, -0.25) is 9.59 Å². The Morgan fingerprint density at radius 3 is 1.67 bits per heavy atom. The number of rotatable bonds is 7. The second kappa shape index (κ2) is 4.88. The topological polar surface area (TPSA) is 151 Å². The summed E-state index contributed by atoms with van der Waals surface area (Å²) in [6.07, 6.45) is -2.36. The van der Waals surface area contributed by atoms with E-state index < -0.39 is 36.4 Å². The van der Waals surface area contributed by atoms with Crippen LogP contribution in [0.1, 0.15) is 12.8 Å². The molecule has 0 radical (unpaired) electrons. The highest BCUT2D eigenvalue weighted by molar-refractivity contribution is 5.88. The van der Waals surface area contributed by atoms with E-state index in [4.69, 9.17) is 15.3 Å². The molecular formula is C6H7NO8. The average Bonchev–Trinajstić information content (AvgIpc) is 2.01. The zero-order valence-electron chi connectivity index (χ0n) is 7.24. The van der Waals surface area contributed by atoms with Crippen molar-refractivity contribution in [3.05, 3.63) is 4.91 Å². The lowest BCUT2D eigenvalue weighted by molar-refractivity contribution is -0.178. The van der Waals surface area contributed by atoms with E-state index in [1.165, 1.54) is 0 Å². The highest BCUT2D eigenvalue weighted by Gasteiger charge is 2.47. The van der Waals surface area contributed by atoms with Crippen LogP contribution in [-0.4, -0.2) is 38.8 Å². The fraction of sp³-hybridized carbons (Fsp3) is 0.500. The molecule has 0 heterocycles. The number of carboxylic acids is 3. The van der Waals surface area contributed by atoms with Gasteiger partial charge in [-0.15, -0.1) is 4.91 Å². The van der Waals surface area contributed by atoms with Crippen molar-refractivity contribution in [2.24, 2.45) is 5.34 Å². The van der Waals surface area contributed by atoms with E-state index in [-0.39, 0.29) is 0 Å². The van der Waals surface area contributed by atoms with E-state index in [0.717, 1.165) is 0 Å². The molecule has 0 saturated heterocycles. The molecule has 84 valence electrons. The lowest BCUT2D eigenvalue weighted by Crippen LogP contribution is -2.44. The summed E-state index contributed by atoms with van der Waals surface area (Å²) >= 11 is 0. The molecule has 0 aromatic rings. The summed E-state index contributed by atoms with van der Waals surface area (Å²) in [4.78, 5) is 44.8. The average molecular weight is 221 g/mol. The van der Waals surface area contributed by atoms with E-state index in [1.807, 2.05) is 0 Å². The first-order chi connectivity index (χ1) is 6.84. The van der Waals surface area contributed by atoms with Crippen LogP contribution in [0.3, 0.4) is 0 Å². The van der Waals surface area contributed by atoms with Gasteiger partial charge in [0.25, 0.3) is 5.60 Å². The molecule has 0 atom stereocenters. The van der Waals surface area contributed by atoms with Crippen molar-refractivity contribution in [1.29, 1.82) is 0 Å². The Morgan fingerprint density at radius 1 is 1.07 bits per heavy atom. The van der Waals surface area contributed by atoms with Crippen molar-refractivity contribution in [3.8, 4) is 0 Å². The predicted molar refractivity (Wildman–Crippen MR) is 41.8 cm³/mol. The molecule has 0 aliphatic rings. The van der Waals surface area contributed by atoms with Crippen LogP contribution >= 0.6 is 0 Å². The molecule has 0 bridgehead atoms. The van der Waals surface area contributed by atoms with Gasteiger partial charge in [-0.1, -0.05) is 0 Å². The zero-order valence-corrected chi connectivity index (χ0v) is 7.24. The summed E-state index contributed by atoms with van der Waals surface area (Å²) in [5.41, 5.74) is -2.67. The van der Waals surface area contributed by atoms with Crippen LogP contribution in [-0.2, 0) is 19.2 Å². The second-order valence-electron chi connectivity index (χ2n) is 2.61. The first kappa shape index (κ1) is 12.8. The van der Waals surface area contributed by atoms with E-state index in [2.05, 4.69) is 4.84 Å². The second-order valence-corrected chi connectivity index (χ2v) is 2.61. The smallest absolute Gasteiger partial charge is 0.352 e. The molecule has 0 aliphatic carbocycles. The Morgan fingerprint density at radius 2 is 1.47 bits per heavy atom. The predicted octanol–water partition coefficient (Wildman–Crippen LogP) is -0.543. The minimum Gasteiger partial charge on any atom is -0.481 e. The first-order valence-electron chi connectivity index (χ1n) is 3.52. The molecule has 0 amide bonds. The molecule has 0 unspecified atom stereocenters. The standard InChI is InChI=1S/C6H7NO8/c8-3(9)1-6(5(12)13,15-7-14)2-4(10)11/h1-2H2,(H,8,9)(H,10,11)(H,12,13). The van der Waals surface area contributed by atoms with Gasteiger partial charge in [0.1, 0.15) is 0 Å². The van der Waals surface area contributed by atoms with Crippen LogP contribution in [0.2, 0.25) is 0 Å². The first-order valence-corrected chi connectivity index (χ1v) is 3.52. The SMILES string of the molecule is O=NOC(CC(=O)O)(CC(=O)O)C(=O)O. The number of hydrogen-bond acceptors (Lipinski definition) is 6. The maximum atomic E-state index is 10.6. The van der Waals surface area contributed by atoms with E-state index in [0.29, 0.717) is 0 Å². The van der Waals surface area contributed by atoms with Crippen molar-refractivity contribution in [3.63, 3.8) is 0 Å². The molecule has 0 rings (SSSR count). The summed E-state index contributed by atoms with van der Waals surface area (Å²) < 4.78 is 0. The number of carbonyl (C=O) groups is 3. The quantitative estimate of drug-likeness (QED) is 0.382. The number of hydrogen-bond donors (Lipinski definition) is 3. The maximum Gasteiger partial charge on any atom is 0.352 e. The van der Waals surface area contributed by atoms with Gasteiger partial charge in [-0.25, -0.2) is 4.79 Å². The van der Waals surface area contributed by atoms with Crippen LogP contribution in [0.25, 0.3) is 0 Å². The molecule has 15 heavy (non-hydrogen) atoms. The Kier molecular flexibility index (Phi) is 4.17. The highest BCUT2D eigenvalue weighted by atomic mass is 16.7. The molecule has 0 aromatic heterocycles. The van der Waals surface area contributed by atoms with Gasteiger partial charge in [0.15, 0.2) is 5.34 Å². The van der Waals surface area contributed by atoms with Gasteiger partial charge in [0.2, 0.25) is 0 Å². The van der Waals surface area contributed by atoms with Gasteiger partial charge in [0.05, 0.1) is 12.8 Å². The van der Waals surface area contributed by atoms with Crippen molar-refractivity contribution in [1.82, 2.24) is 0 Å². The van der Waals surface area contributed by atoms with Crippen LogP contribution < -0.4 is 0 Å². The maximum absolute atomic E-state index is 10.6. The largest absolute Gasteiger partial charge is 0.481 e. The normalized spacial score (nSPS) is 10.4. The Bertz CT molecular complexity index is 282. The lowest BCUT2D eigenvalue weighted by atomic mass is 9.96. The van der Waals surface area contributed by atoms with E-state index >= 15 is 0 Å². The van der Waals surface area contributed by atoms with Crippen molar-refractivity contribution >= 4 is 17.9 Å². The fourth-order valence-electron chi connectivity index (χ4n) is 0.877. The third-order valence-corrected chi connectivity index (χ3v) is 1.48. The summed E-state index contributed by atoms with van der Waals surface area (Å²) in [5, 5.41) is 27.1. The van der Waals surface area contributed by atoms with Crippen molar-refractivity contribution in [2.75, 3.05) is 0 Å². The molecule has 0 aromatic carbocycles. The number of carboxylic acid groups (broad SMARTS) is 3. The minimum atomic E-state index is -2.67. The summed E-state index contributed by atoms with van der Waals surface area (Å²) in [5.74, 6) is -5.13. The molecular weight excluding hydrogens is 214 g/mol. The molecule has 3 N–H and O–H groups in total. The Hall–Kier alpha value is -2.19. The van der Waals surface area contributed by atoms with Crippen molar-refractivity contribution < 1.29 is 34.5 Å². The molecule has 0 fully saturated rings.